The molecule has 0 saturated heterocycles. The topological polar surface area (TPSA) is 46.6 Å². The van der Waals surface area contributed by atoms with Crippen LogP contribution in [-0.4, -0.2) is 36.7 Å². The molecule has 0 radical (unpaired) electrons. The summed E-state index contributed by atoms with van der Waals surface area (Å²) in [5, 5.41) is 2.00. The molecule has 2 rings (SSSR count). The number of rotatable bonds is 6. The number of esters is 1. The lowest BCUT2D eigenvalue weighted by Crippen LogP contribution is -2.27. The zero-order chi connectivity index (χ0) is 15.9. The van der Waals surface area contributed by atoms with Crippen molar-refractivity contribution in [1.82, 2.24) is 4.90 Å². The molecule has 0 aliphatic carbocycles. The van der Waals surface area contributed by atoms with E-state index in [9.17, 15) is 9.59 Å². The number of hydrogen-bond donors (Lipinski definition) is 0. The Morgan fingerprint density at radius 2 is 2.00 bits per heavy atom. The second-order valence-electron chi connectivity index (χ2n) is 4.61. The number of nitrogens with zero attached hydrogens (tertiary/aromatic N) is 1. The summed E-state index contributed by atoms with van der Waals surface area (Å²) in [6.07, 6.45) is 0. The number of amides is 1. The van der Waals surface area contributed by atoms with E-state index in [2.05, 4.69) is 0 Å². The number of carbonyl (C=O) groups is 2. The summed E-state index contributed by atoms with van der Waals surface area (Å²) in [6, 6.07) is 11.1. The average molecular weight is 335 g/mol. The summed E-state index contributed by atoms with van der Waals surface area (Å²) in [4.78, 5) is 27.5. The van der Waals surface area contributed by atoms with Gasteiger partial charge in [0.2, 0.25) is 5.91 Å². The van der Waals surface area contributed by atoms with Crippen molar-refractivity contribution in [3.05, 3.63) is 52.2 Å². The van der Waals surface area contributed by atoms with Crippen molar-refractivity contribution in [2.75, 3.05) is 19.9 Å². The Labute approximate surface area is 138 Å². The SMILES string of the molecule is COC(=O)c1ccccc1SCC(=O)N(C)Cc1cccs1. The smallest absolute Gasteiger partial charge is 0.338 e. The Balaban J connectivity index is 1.95. The number of thioether (sulfide) groups is 1. The maximum Gasteiger partial charge on any atom is 0.338 e. The van der Waals surface area contributed by atoms with Gasteiger partial charge in [0, 0.05) is 16.8 Å². The van der Waals surface area contributed by atoms with Crippen LogP contribution < -0.4 is 0 Å². The average Bonchev–Trinajstić information content (AvgIpc) is 3.05. The van der Waals surface area contributed by atoms with Crippen molar-refractivity contribution < 1.29 is 14.3 Å². The molecule has 1 aromatic heterocycles. The molecule has 0 N–H and O–H groups in total. The molecule has 0 aliphatic rings. The van der Waals surface area contributed by atoms with E-state index < -0.39 is 0 Å². The van der Waals surface area contributed by atoms with Crippen LogP contribution in [0.4, 0.5) is 0 Å². The molecule has 4 nitrogen and oxygen atoms in total. The molecule has 1 aromatic carbocycles. The molecule has 0 fully saturated rings. The minimum atomic E-state index is -0.387. The van der Waals surface area contributed by atoms with E-state index in [1.165, 1.54) is 18.9 Å². The highest BCUT2D eigenvalue weighted by atomic mass is 32.2. The van der Waals surface area contributed by atoms with Crippen LogP contribution >= 0.6 is 23.1 Å². The molecule has 0 unspecified atom stereocenters. The van der Waals surface area contributed by atoms with Gasteiger partial charge in [0.25, 0.3) is 0 Å². The van der Waals surface area contributed by atoms with Gasteiger partial charge < -0.3 is 9.64 Å². The van der Waals surface area contributed by atoms with Gasteiger partial charge in [-0.25, -0.2) is 4.79 Å². The summed E-state index contributed by atoms with van der Waals surface area (Å²) >= 11 is 2.98. The number of methoxy groups -OCH3 is 1. The van der Waals surface area contributed by atoms with Crippen LogP contribution in [-0.2, 0) is 16.1 Å². The maximum absolute atomic E-state index is 12.2. The highest BCUT2D eigenvalue weighted by molar-refractivity contribution is 8.00. The molecule has 0 atom stereocenters. The van der Waals surface area contributed by atoms with Gasteiger partial charge in [-0.15, -0.1) is 23.1 Å². The molecule has 6 heteroatoms. The maximum atomic E-state index is 12.2. The fraction of sp³-hybridized carbons (Fsp3) is 0.250. The number of ether oxygens (including phenoxy) is 1. The second kappa shape index (κ2) is 8.00. The standard InChI is InChI=1S/C16H17NO3S2/c1-17(10-12-6-5-9-21-12)15(18)11-22-14-8-4-3-7-13(14)16(19)20-2/h3-9H,10-11H2,1-2H3. The first-order valence-electron chi connectivity index (χ1n) is 6.68. The third-order valence-electron chi connectivity index (χ3n) is 3.04. The van der Waals surface area contributed by atoms with E-state index in [4.69, 9.17) is 4.74 Å². The normalized spacial score (nSPS) is 10.3. The molecule has 22 heavy (non-hydrogen) atoms. The molecular formula is C16H17NO3S2. The van der Waals surface area contributed by atoms with Gasteiger partial charge in [0.05, 0.1) is 25.0 Å². The van der Waals surface area contributed by atoms with Crippen LogP contribution in [0.25, 0.3) is 0 Å². The minimum absolute atomic E-state index is 0.0260. The molecule has 0 spiro atoms. The fourth-order valence-corrected chi connectivity index (χ4v) is 3.58. The van der Waals surface area contributed by atoms with Gasteiger partial charge in [-0.1, -0.05) is 18.2 Å². The summed E-state index contributed by atoms with van der Waals surface area (Å²) in [7, 11) is 3.14. The van der Waals surface area contributed by atoms with Crippen molar-refractivity contribution in [2.24, 2.45) is 0 Å². The van der Waals surface area contributed by atoms with Crippen molar-refractivity contribution in [1.29, 1.82) is 0 Å². The van der Waals surface area contributed by atoms with Gasteiger partial charge in [0.15, 0.2) is 0 Å². The lowest BCUT2D eigenvalue weighted by Gasteiger charge is -2.16. The first-order chi connectivity index (χ1) is 10.6. The van der Waals surface area contributed by atoms with Gasteiger partial charge in [-0.3, -0.25) is 4.79 Å². The third-order valence-corrected chi connectivity index (χ3v) is 4.96. The van der Waals surface area contributed by atoms with Gasteiger partial charge in [-0.05, 0) is 23.6 Å². The van der Waals surface area contributed by atoms with E-state index in [-0.39, 0.29) is 17.6 Å². The lowest BCUT2D eigenvalue weighted by atomic mass is 10.2. The first-order valence-corrected chi connectivity index (χ1v) is 8.55. The third kappa shape index (κ3) is 4.35. The van der Waals surface area contributed by atoms with E-state index in [1.54, 1.807) is 35.4 Å². The molecule has 116 valence electrons. The number of benzene rings is 1. The zero-order valence-electron chi connectivity index (χ0n) is 12.4. The van der Waals surface area contributed by atoms with Gasteiger partial charge in [0.1, 0.15) is 0 Å². The monoisotopic (exact) mass is 335 g/mol. The molecule has 0 aliphatic heterocycles. The number of thiophene rings is 1. The highest BCUT2D eigenvalue weighted by Gasteiger charge is 2.15. The molecule has 0 saturated carbocycles. The van der Waals surface area contributed by atoms with E-state index in [0.717, 1.165) is 9.77 Å². The zero-order valence-corrected chi connectivity index (χ0v) is 14.1. The Morgan fingerprint density at radius 1 is 1.23 bits per heavy atom. The largest absolute Gasteiger partial charge is 0.465 e. The summed E-state index contributed by atoms with van der Waals surface area (Å²) in [6.45, 7) is 0.607. The summed E-state index contributed by atoms with van der Waals surface area (Å²) in [5.74, 6) is -0.0730. The molecule has 2 aromatic rings. The van der Waals surface area contributed by atoms with E-state index in [0.29, 0.717) is 12.1 Å². The van der Waals surface area contributed by atoms with Gasteiger partial charge >= 0.3 is 5.97 Å². The molecular weight excluding hydrogens is 318 g/mol. The Kier molecular flexibility index (Phi) is 6.03. The van der Waals surface area contributed by atoms with Crippen molar-refractivity contribution in [3.8, 4) is 0 Å². The quantitative estimate of drug-likeness (QED) is 0.600. The van der Waals surface area contributed by atoms with Crippen LogP contribution in [0.15, 0.2) is 46.7 Å². The first kappa shape index (κ1) is 16.6. The lowest BCUT2D eigenvalue weighted by molar-refractivity contribution is -0.127. The van der Waals surface area contributed by atoms with Crippen molar-refractivity contribution >= 4 is 35.0 Å². The van der Waals surface area contributed by atoms with Crippen LogP contribution in [0, 0.1) is 0 Å². The van der Waals surface area contributed by atoms with Gasteiger partial charge in [-0.2, -0.15) is 0 Å². The van der Waals surface area contributed by atoms with E-state index in [1.807, 2.05) is 29.6 Å². The highest BCUT2D eigenvalue weighted by Crippen LogP contribution is 2.23. The van der Waals surface area contributed by atoms with Crippen LogP contribution in [0.1, 0.15) is 15.2 Å². The van der Waals surface area contributed by atoms with E-state index >= 15 is 0 Å². The Morgan fingerprint density at radius 3 is 2.68 bits per heavy atom. The Hall–Kier alpha value is -1.79. The second-order valence-corrected chi connectivity index (χ2v) is 6.66. The molecule has 1 amide bonds. The van der Waals surface area contributed by atoms with Crippen LogP contribution in [0.2, 0.25) is 0 Å². The fourth-order valence-electron chi connectivity index (χ4n) is 1.85. The Bertz CT molecular complexity index is 641. The number of hydrogen-bond acceptors (Lipinski definition) is 5. The van der Waals surface area contributed by atoms with Crippen LogP contribution in [0.5, 0.6) is 0 Å². The van der Waals surface area contributed by atoms with Crippen molar-refractivity contribution in [3.63, 3.8) is 0 Å². The molecule has 0 bridgehead atoms. The summed E-state index contributed by atoms with van der Waals surface area (Å²) in [5.41, 5.74) is 0.490. The van der Waals surface area contributed by atoms with Crippen molar-refractivity contribution in [2.45, 2.75) is 11.4 Å². The number of carbonyl (C=O) groups excluding carboxylic acids is 2. The minimum Gasteiger partial charge on any atom is -0.465 e. The van der Waals surface area contributed by atoms with Crippen LogP contribution in [0.3, 0.4) is 0 Å². The predicted octanol–water partition coefficient (Wildman–Crippen LogP) is 3.29. The summed E-state index contributed by atoms with van der Waals surface area (Å²) < 4.78 is 4.76. The molecule has 1 heterocycles. The predicted molar refractivity (Wildman–Crippen MR) is 89.3 cm³/mol.